The van der Waals surface area contributed by atoms with E-state index in [9.17, 15) is 0 Å². The summed E-state index contributed by atoms with van der Waals surface area (Å²) in [4.78, 5) is 0. The zero-order valence-electron chi connectivity index (χ0n) is 35.5. The summed E-state index contributed by atoms with van der Waals surface area (Å²) in [6, 6.07) is 41.5. The van der Waals surface area contributed by atoms with Crippen LogP contribution in [-0.2, 0) is 46.5 Å². The van der Waals surface area contributed by atoms with Crippen LogP contribution in [0.5, 0.6) is 0 Å². The van der Waals surface area contributed by atoms with Gasteiger partial charge >= 0.3 is 37.9 Å². The predicted molar refractivity (Wildman–Crippen MR) is 252 cm³/mol. The van der Waals surface area contributed by atoms with Gasteiger partial charge in [0.1, 0.15) is 0 Å². The normalized spacial score (nSPS) is 10.6. The molecule has 0 saturated carbocycles. The Bertz CT molecular complexity index is 1740. The van der Waals surface area contributed by atoms with E-state index in [0.717, 1.165) is 9.52 Å². The summed E-state index contributed by atoms with van der Waals surface area (Å²) < 4.78 is 0. The van der Waals surface area contributed by atoms with E-state index < -0.39 is 20.8 Å². The third-order valence-electron chi connectivity index (χ3n) is 10.4. The number of rotatable bonds is 18. The van der Waals surface area contributed by atoms with Crippen LogP contribution in [-0.4, -0.2) is 9.52 Å². The van der Waals surface area contributed by atoms with Gasteiger partial charge in [-0.25, -0.2) is 0 Å². The van der Waals surface area contributed by atoms with Gasteiger partial charge in [0.2, 0.25) is 0 Å². The molecule has 6 aromatic rings. The Morgan fingerprint density at radius 3 is 1.16 bits per heavy atom. The molecule has 0 aliphatic heterocycles. The fraction of sp³-hybridized carbons (Fsp3) is 0.423. The average Bonchev–Trinajstić information content (AvgIpc) is 3.85. The van der Waals surface area contributed by atoms with Gasteiger partial charge in [-0.3, -0.25) is 0 Å². The zero-order chi connectivity index (χ0) is 40.4. The van der Waals surface area contributed by atoms with Crippen molar-refractivity contribution < 1.29 is 20.8 Å². The third kappa shape index (κ3) is 16.6. The maximum absolute atomic E-state index is 4.93. The van der Waals surface area contributed by atoms with Crippen LogP contribution >= 0.6 is 17.0 Å². The molecule has 6 aromatic carbocycles. The molecule has 4 heteroatoms. The Kier molecular flexibility index (Phi) is 25.0. The summed E-state index contributed by atoms with van der Waals surface area (Å²) in [5.74, 6) is 0. The van der Waals surface area contributed by atoms with E-state index in [-0.39, 0.29) is 0 Å². The first-order chi connectivity index (χ1) is 27.5. The first-order valence-electron chi connectivity index (χ1n) is 21.6. The van der Waals surface area contributed by atoms with Gasteiger partial charge in [0.05, 0.1) is 0 Å². The second-order valence-electron chi connectivity index (χ2n) is 15.1. The van der Waals surface area contributed by atoms with Crippen LogP contribution in [0.1, 0.15) is 127 Å². The van der Waals surface area contributed by atoms with Crippen molar-refractivity contribution in [3.8, 4) is 22.3 Å². The number of benzene rings is 4. The zero-order valence-corrected chi connectivity index (χ0v) is 40.4. The predicted octanol–water partition coefficient (Wildman–Crippen LogP) is 17.5. The molecule has 0 fully saturated rings. The van der Waals surface area contributed by atoms with Gasteiger partial charge in [-0.05, 0) is 60.8 Å². The standard InChI is InChI=1S/2C25H31.C2H6Si.2ClH.Zr/c2*1-3-5-7-8-11-20-14-16-22(17-15-20)24-13-9-12-23-18-21(10-6-4-2)19-25(23)24;1-3-2;;;/h2*9,12-19H,3-8,10-11H2,1-2H3;1-2H3;2*1H;/q2*-1;;;;+4/p-2. The molecule has 0 bridgehead atoms. The van der Waals surface area contributed by atoms with E-state index in [1.54, 1.807) is 0 Å². The van der Waals surface area contributed by atoms with E-state index in [1.807, 2.05) is 0 Å². The van der Waals surface area contributed by atoms with Crippen LogP contribution in [0.25, 0.3) is 43.8 Å². The number of unbranched alkanes of at least 4 members (excludes halogenated alkanes) is 8. The van der Waals surface area contributed by atoms with E-state index in [2.05, 4.69) is 150 Å². The molecular formula is C52H68Cl2SiZr. The molecule has 0 aliphatic carbocycles. The fourth-order valence-corrected chi connectivity index (χ4v) is 7.36. The third-order valence-corrected chi connectivity index (χ3v) is 10.4. The van der Waals surface area contributed by atoms with Crippen LogP contribution < -0.4 is 0 Å². The fourth-order valence-electron chi connectivity index (χ4n) is 7.36. The Balaban J connectivity index is 0.000000264. The molecule has 298 valence electrons. The van der Waals surface area contributed by atoms with Gasteiger partial charge in [0.25, 0.3) is 0 Å². The molecule has 56 heavy (non-hydrogen) atoms. The van der Waals surface area contributed by atoms with E-state index in [0.29, 0.717) is 0 Å². The van der Waals surface area contributed by atoms with Gasteiger partial charge in [0.15, 0.2) is 0 Å². The second kappa shape index (κ2) is 29.1. The molecule has 0 spiro atoms. The molecule has 0 unspecified atom stereocenters. The summed E-state index contributed by atoms with van der Waals surface area (Å²) in [6.07, 6.45) is 20.5. The molecule has 0 amide bonds. The number of hydrogen-bond donors (Lipinski definition) is 0. The van der Waals surface area contributed by atoms with Crippen molar-refractivity contribution in [2.45, 2.75) is 144 Å². The van der Waals surface area contributed by atoms with Crippen LogP contribution in [0.4, 0.5) is 0 Å². The Hall–Kier alpha value is -2.22. The van der Waals surface area contributed by atoms with Crippen LogP contribution in [0.3, 0.4) is 0 Å². The summed E-state index contributed by atoms with van der Waals surface area (Å²) in [7, 11) is 11.0. The summed E-state index contributed by atoms with van der Waals surface area (Å²) in [6.45, 7) is 13.4. The van der Waals surface area contributed by atoms with Crippen LogP contribution in [0.15, 0.2) is 109 Å². The maximum atomic E-state index is 4.93. The first-order valence-corrected chi connectivity index (χ1v) is 29.9. The van der Waals surface area contributed by atoms with Crippen LogP contribution in [0, 0.1) is 0 Å². The van der Waals surface area contributed by atoms with Gasteiger partial charge in [-0.2, -0.15) is 12.1 Å². The van der Waals surface area contributed by atoms with Gasteiger partial charge in [0, 0.05) is 9.52 Å². The van der Waals surface area contributed by atoms with Crippen molar-refractivity contribution in [3.05, 3.63) is 131 Å². The van der Waals surface area contributed by atoms with E-state index >= 15 is 0 Å². The van der Waals surface area contributed by atoms with Crippen molar-refractivity contribution in [3.63, 3.8) is 0 Å². The molecule has 0 nitrogen and oxygen atoms in total. The number of hydrogen-bond acceptors (Lipinski definition) is 0. The minimum absolute atomic E-state index is 0.826. The Morgan fingerprint density at radius 1 is 0.464 bits per heavy atom. The van der Waals surface area contributed by atoms with Crippen molar-refractivity contribution in [1.82, 2.24) is 0 Å². The monoisotopic (exact) mass is 880 g/mol. The molecule has 0 saturated heterocycles. The molecule has 0 aliphatic rings. The van der Waals surface area contributed by atoms with Gasteiger partial charge in [-0.1, -0.05) is 177 Å². The molecular weight excluding hydrogens is 815 g/mol. The average molecular weight is 883 g/mol. The SMILES string of the molecule is CCCCCCc1ccc(-c2cccc3[cH-]c(CCCC)cc23)cc1.CCCCCCc1ccc(-c2cccc3[cH-]c(CCCC)cc23)cc1.C[Si]C.[Cl][Zr+2][Cl]. The molecule has 6 rings (SSSR count). The Labute approximate surface area is 363 Å². The van der Waals surface area contributed by atoms with E-state index in [4.69, 9.17) is 17.0 Å². The minimum atomic E-state index is -0.826. The van der Waals surface area contributed by atoms with Gasteiger partial charge < -0.3 is 0 Å². The molecule has 0 N–H and O–H groups in total. The van der Waals surface area contributed by atoms with Crippen LogP contribution in [0.2, 0.25) is 13.1 Å². The van der Waals surface area contributed by atoms with Crippen molar-refractivity contribution in [1.29, 1.82) is 0 Å². The summed E-state index contributed by atoms with van der Waals surface area (Å²) in [5, 5.41) is 5.58. The number of fused-ring (bicyclic) bond motifs is 2. The summed E-state index contributed by atoms with van der Waals surface area (Å²) in [5.41, 5.74) is 11.3. The van der Waals surface area contributed by atoms with Crippen molar-refractivity contribution >= 4 is 48.1 Å². The second-order valence-corrected chi connectivity index (χ2v) is 19.9. The molecule has 0 heterocycles. The first kappa shape index (κ1) is 48.2. The van der Waals surface area contributed by atoms with Crippen molar-refractivity contribution in [2.24, 2.45) is 0 Å². The van der Waals surface area contributed by atoms with Gasteiger partial charge in [-0.15, -0.1) is 69.1 Å². The quantitative estimate of drug-likeness (QED) is 0.0458. The Morgan fingerprint density at radius 2 is 0.821 bits per heavy atom. The van der Waals surface area contributed by atoms with Crippen molar-refractivity contribution in [2.75, 3.05) is 0 Å². The molecule has 2 radical (unpaired) electrons. The molecule has 0 aromatic heterocycles. The summed E-state index contributed by atoms with van der Waals surface area (Å²) >= 11 is -0.826. The number of halogens is 2. The van der Waals surface area contributed by atoms with E-state index in [1.165, 1.54) is 169 Å². The number of aryl methyl sites for hydroxylation is 4. The topological polar surface area (TPSA) is 0 Å². The molecule has 0 atom stereocenters.